The van der Waals surface area contributed by atoms with E-state index in [1.165, 1.54) is 32.0 Å². The van der Waals surface area contributed by atoms with Gasteiger partial charge in [-0.05, 0) is 24.8 Å². The first-order chi connectivity index (χ1) is 12.7. The molecule has 1 atom stereocenters. The highest BCUT2D eigenvalue weighted by molar-refractivity contribution is 7.10. The fourth-order valence-electron chi connectivity index (χ4n) is 3.19. The number of allylic oxidation sites excluding steroid dienone is 1. The summed E-state index contributed by atoms with van der Waals surface area (Å²) in [6.45, 7) is 4.56. The molecule has 26 heavy (non-hydrogen) atoms. The van der Waals surface area contributed by atoms with Crippen LogP contribution in [-0.2, 0) is 9.53 Å². The molecule has 0 amide bonds. The largest absolute Gasteiger partial charge is 0.462 e. The smallest absolute Gasteiger partial charge is 0.338 e. The molecule has 0 radical (unpaired) electrons. The molecule has 1 N–H and O–H groups in total. The number of anilines is 1. The van der Waals surface area contributed by atoms with Gasteiger partial charge in [0.15, 0.2) is 0 Å². The van der Waals surface area contributed by atoms with Crippen molar-refractivity contribution >= 4 is 23.3 Å². The summed E-state index contributed by atoms with van der Waals surface area (Å²) in [5, 5.41) is 9.47. The molecule has 3 heterocycles. The third-order valence-electron chi connectivity index (χ3n) is 4.56. The van der Waals surface area contributed by atoms with Gasteiger partial charge in [-0.2, -0.15) is 10.1 Å². The van der Waals surface area contributed by atoms with Crippen LogP contribution in [0.3, 0.4) is 0 Å². The van der Waals surface area contributed by atoms with Crippen LogP contribution in [0.15, 0.2) is 35.1 Å². The fraction of sp³-hybridized carbons (Fsp3) is 0.526. The Balaban J connectivity index is 1.66. The maximum absolute atomic E-state index is 12.8. The average Bonchev–Trinajstić information content (AvgIpc) is 3.31. The first-order valence-corrected chi connectivity index (χ1v) is 10.2. The summed E-state index contributed by atoms with van der Waals surface area (Å²) >= 11 is 1.60. The van der Waals surface area contributed by atoms with Crippen molar-refractivity contribution in [3.63, 3.8) is 0 Å². The van der Waals surface area contributed by atoms with Crippen LogP contribution in [0, 0.1) is 0 Å². The number of fused-ring (bicyclic) bond motifs is 1. The van der Waals surface area contributed by atoms with Crippen LogP contribution >= 0.6 is 11.3 Å². The van der Waals surface area contributed by atoms with Crippen LogP contribution in [0.2, 0.25) is 0 Å². The van der Waals surface area contributed by atoms with Gasteiger partial charge in [-0.15, -0.1) is 11.3 Å². The van der Waals surface area contributed by atoms with Crippen LogP contribution in [0.4, 0.5) is 5.95 Å². The molecule has 1 unspecified atom stereocenters. The average molecular weight is 375 g/mol. The molecule has 140 valence electrons. The minimum atomic E-state index is -0.286. The molecule has 0 saturated heterocycles. The minimum absolute atomic E-state index is 0.275. The second kappa shape index (κ2) is 8.98. The van der Waals surface area contributed by atoms with E-state index in [1.807, 2.05) is 24.4 Å². The number of thiophene rings is 1. The van der Waals surface area contributed by atoms with E-state index in [2.05, 4.69) is 22.3 Å². The highest BCUT2D eigenvalue weighted by Gasteiger charge is 2.34. The zero-order chi connectivity index (χ0) is 18.4. The lowest BCUT2D eigenvalue weighted by Gasteiger charge is -2.27. The second-order valence-corrected chi connectivity index (χ2v) is 7.49. The zero-order valence-electron chi connectivity index (χ0n) is 15.4. The Morgan fingerprint density at radius 2 is 2.12 bits per heavy atom. The van der Waals surface area contributed by atoms with Gasteiger partial charge >= 0.3 is 5.97 Å². The zero-order valence-corrected chi connectivity index (χ0v) is 16.2. The Labute approximate surface area is 158 Å². The third kappa shape index (κ3) is 4.15. The molecule has 6 nitrogen and oxygen atoms in total. The third-order valence-corrected chi connectivity index (χ3v) is 5.48. The number of carbonyl (C=O) groups is 1. The molecule has 0 saturated carbocycles. The van der Waals surface area contributed by atoms with E-state index in [1.54, 1.807) is 16.0 Å². The van der Waals surface area contributed by atoms with Gasteiger partial charge in [-0.25, -0.2) is 9.48 Å². The summed E-state index contributed by atoms with van der Waals surface area (Å²) in [5.41, 5.74) is 1.38. The van der Waals surface area contributed by atoms with E-state index in [0.717, 1.165) is 23.4 Å². The topological polar surface area (TPSA) is 69.0 Å². The SMILES string of the molecule is CCCCCCCCOC(=O)C1=C(C)Nc2ncnn2C1c1cccs1. The molecular weight excluding hydrogens is 348 g/mol. The van der Waals surface area contributed by atoms with Gasteiger partial charge < -0.3 is 10.1 Å². The Bertz CT molecular complexity index is 751. The molecule has 2 aromatic rings. The number of unbranched alkanes of at least 4 members (excludes halogenated alkanes) is 5. The lowest BCUT2D eigenvalue weighted by atomic mass is 10.0. The van der Waals surface area contributed by atoms with E-state index >= 15 is 0 Å². The van der Waals surface area contributed by atoms with Gasteiger partial charge in [0.25, 0.3) is 0 Å². The summed E-state index contributed by atoms with van der Waals surface area (Å²) in [4.78, 5) is 18.1. The molecule has 0 aromatic carbocycles. The number of hydrogen-bond donors (Lipinski definition) is 1. The molecule has 0 fully saturated rings. The second-order valence-electron chi connectivity index (χ2n) is 6.51. The maximum Gasteiger partial charge on any atom is 0.338 e. The monoisotopic (exact) mass is 374 g/mol. The molecule has 1 aliphatic heterocycles. The van der Waals surface area contributed by atoms with Crippen molar-refractivity contribution in [2.45, 2.75) is 58.4 Å². The normalized spacial score (nSPS) is 16.3. The van der Waals surface area contributed by atoms with Gasteiger partial charge in [0.05, 0.1) is 12.2 Å². The van der Waals surface area contributed by atoms with E-state index in [9.17, 15) is 4.79 Å². The van der Waals surface area contributed by atoms with Gasteiger partial charge in [-0.3, -0.25) is 0 Å². The van der Waals surface area contributed by atoms with Gasteiger partial charge in [0.2, 0.25) is 5.95 Å². The van der Waals surface area contributed by atoms with Gasteiger partial charge in [0, 0.05) is 10.6 Å². The number of nitrogens with zero attached hydrogens (tertiary/aromatic N) is 3. The Morgan fingerprint density at radius 1 is 1.31 bits per heavy atom. The summed E-state index contributed by atoms with van der Waals surface area (Å²) in [6, 6.07) is 3.71. The number of ether oxygens (including phenoxy) is 1. The lowest BCUT2D eigenvalue weighted by molar-refractivity contribution is -0.139. The summed E-state index contributed by atoms with van der Waals surface area (Å²) < 4.78 is 7.33. The van der Waals surface area contributed by atoms with Crippen LogP contribution in [0.1, 0.15) is 63.3 Å². The first kappa shape index (κ1) is 18.6. The van der Waals surface area contributed by atoms with Crippen LogP contribution in [-0.4, -0.2) is 27.3 Å². The highest BCUT2D eigenvalue weighted by atomic mass is 32.1. The Kier molecular flexibility index (Phi) is 6.44. The molecule has 1 aliphatic rings. The quantitative estimate of drug-likeness (QED) is 0.516. The van der Waals surface area contributed by atoms with E-state index in [0.29, 0.717) is 18.1 Å². The van der Waals surface area contributed by atoms with Crippen molar-refractivity contribution in [1.29, 1.82) is 0 Å². The highest BCUT2D eigenvalue weighted by Crippen LogP contribution is 2.37. The number of hydrogen-bond acceptors (Lipinski definition) is 6. The number of esters is 1. The molecule has 0 spiro atoms. The van der Waals surface area contributed by atoms with Crippen molar-refractivity contribution in [3.05, 3.63) is 40.0 Å². The van der Waals surface area contributed by atoms with Gasteiger partial charge in [-0.1, -0.05) is 45.1 Å². The van der Waals surface area contributed by atoms with E-state index in [4.69, 9.17) is 4.74 Å². The van der Waals surface area contributed by atoms with Gasteiger partial charge in [0.1, 0.15) is 12.4 Å². The fourth-order valence-corrected chi connectivity index (χ4v) is 4.01. The minimum Gasteiger partial charge on any atom is -0.462 e. The van der Waals surface area contributed by atoms with E-state index in [-0.39, 0.29) is 12.0 Å². The van der Waals surface area contributed by atoms with Crippen LogP contribution in [0.5, 0.6) is 0 Å². The summed E-state index contributed by atoms with van der Waals surface area (Å²) in [6.07, 6.45) is 8.49. The number of rotatable bonds is 9. The van der Waals surface area contributed by atoms with Crippen molar-refractivity contribution in [3.8, 4) is 0 Å². The first-order valence-electron chi connectivity index (χ1n) is 9.30. The van der Waals surface area contributed by atoms with Crippen LogP contribution in [0.25, 0.3) is 0 Å². The number of aromatic nitrogens is 3. The molecule has 7 heteroatoms. The predicted molar refractivity (Wildman–Crippen MR) is 103 cm³/mol. The lowest BCUT2D eigenvalue weighted by Crippen LogP contribution is -2.29. The molecular formula is C19H26N4O2S. The predicted octanol–water partition coefficient (Wildman–Crippen LogP) is 4.53. The molecule has 0 bridgehead atoms. The summed E-state index contributed by atoms with van der Waals surface area (Å²) in [5.74, 6) is 0.372. The Morgan fingerprint density at radius 3 is 2.88 bits per heavy atom. The van der Waals surface area contributed by atoms with Crippen molar-refractivity contribution < 1.29 is 9.53 Å². The van der Waals surface area contributed by atoms with Crippen molar-refractivity contribution in [1.82, 2.24) is 14.8 Å². The number of carbonyl (C=O) groups excluding carboxylic acids is 1. The molecule has 2 aromatic heterocycles. The van der Waals surface area contributed by atoms with Crippen molar-refractivity contribution in [2.75, 3.05) is 11.9 Å². The Hall–Kier alpha value is -2.15. The van der Waals surface area contributed by atoms with Crippen molar-refractivity contribution in [2.24, 2.45) is 0 Å². The standard InChI is InChI=1S/C19H26N4O2S/c1-3-4-5-6-7-8-11-25-18(24)16-14(2)22-19-20-13-21-23(19)17(16)15-10-9-12-26-15/h9-10,12-13,17H,3-8,11H2,1-2H3,(H,20,21,22). The van der Waals surface area contributed by atoms with Crippen LogP contribution < -0.4 is 5.32 Å². The maximum atomic E-state index is 12.8. The summed E-state index contributed by atoms with van der Waals surface area (Å²) in [7, 11) is 0. The van der Waals surface area contributed by atoms with E-state index < -0.39 is 0 Å². The molecule has 0 aliphatic carbocycles. The molecule has 3 rings (SSSR count). The number of nitrogens with one attached hydrogen (secondary N) is 1.